The Morgan fingerprint density at radius 2 is 1.92 bits per heavy atom. The number of aliphatic hydroxyl groups is 1. The van der Waals surface area contributed by atoms with Crippen molar-refractivity contribution in [2.24, 2.45) is 0 Å². The van der Waals surface area contributed by atoms with E-state index in [1.807, 2.05) is 6.07 Å². The van der Waals surface area contributed by atoms with Crippen LogP contribution in [0.4, 0.5) is 4.39 Å². The first-order valence-electron chi connectivity index (χ1n) is 7.52. The molecule has 3 rings (SSSR count). The highest BCUT2D eigenvalue weighted by Gasteiger charge is 2.13. The highest BCUT2D eigenvalue weighted by molar-refractivity contribution is 5.63. The number of hydrogen-bond acceptors (Lipinski definition) is 6. The Kier molecular flexibility index (Phi) is 5.02. The number of aromatic nitrogens is 2. The number of nitriles is 1. The van der Waals surface area contributed by atoms with E-state index in [2.05, 4.69) is 10.1 Å². The van der Waals surface area contributed by atoms with Gasteiger partial charge in [0.2, 0.25) is 5.82 Å². The maximum absolute atomic E-state index is 12.2. The van der Waals surface area contributed by atoms with Crippen LogP contribution in [0.5, 0.6) is 5.75 Å². The summed E-state index contributed by atoms with van der Waals surface area (Å²) < 4.78 is 22.7. The molecule has 0 saturated heterocycles. The van der Waals surface area contributed by atoms with Crippen molar-refractivity contribution in [3.05, 3.63) is 53.6 Å². The van der Waals surface area contributed by atoms with E-state index in [0.717, 1.165) is 11.1 Å². The molecule has 0 radical (unpaired) electrons. The molecule has 1 aromatic heterocycles. The molecule has 0 saturated carbocycles. The fourth-order valence-electron chi connectivity index (χ4n) is 2.24. The summed E-state index contributed by atoms with van der Waals surface area (Å²) in [6, 6.07) is 13.9. The summed E-state index contributed by atoms with van der Waals surface area (Å²) in [5.41, 5.74) is 2.36. The van der Waals surface area contributed by atoms with Crippen molar-refractivity contribution in [1.29, 1.82) is 5.26 Å². The monoisotopic (exact) mass is 339 g/mol. The first-order chi connectivity index (χ1) is 12.2. The highest BCUT2D eigenvalue weighted by Crippen LogP contribution is 2.27. The minimum Gasteiger partial charge on any atom is -0.489 e. The zero-order chi connectivity index (χ0) is 17.6. The van der Waals surface area contributed by atoms with Crippen LogP contribution in [0, 0.1) is 11.3 Å². The molecule has 0 fully saturated rings. The van der Waals surface area contributed by atoms with Crippen LogP contribution in [0.25, 0.3) is 22.8 Å². The third kappa shape index (κ3) is 3.65. The summed E-state index contributed by atoms with van der Waals surface area (Å²) in [5.74, 6) is 0.966. The number of hydrogen-bond donors (Lipinski definition) is 1. The van der Waals surface area contributed by atoms with Crippen LogP contribution in [0.15, 0.2) is 47.0 Å². The number of halogens is 1. The Hall–Kier alpha value is -3.24. The molecule has 0 unspecified atom stereocenters. The van der Waals surface area contributed by atoms with Crippen LogP contribution in [-0.2, 0) is 6.61 Å². The van der Waals surface area contributed by atoms with Crippen molar-refractivity contribution in [1.82, 2.24) is 10.1 Å². The van der Waals surface area contributed by atoms with Gasteiger partial charge in [-0.05, 0) is 23.8 Å². The van der Waals surface area contributed by atoms with E-state index in [9.17, 15) is 9.65 Å². The van der Waals surface area contributed by atoms with Gasteiger partial charge in [0.15, 0.2) is 0 Å². The fraction of sp³-hybridized carbons (Fsp3) is 0.167. The molecule has 0 atom stereocenters. The second-order valence-corrected chi connectivity index (χ2v) is 5.14. The van der Waals surface area contributed by atoms with Crippen LogP contribution in [0.2, 0.25) is 0 Å². The largest absolute Gasteiger partial charge is 0.489 e. The number of nitrogens with zero attached hydrogens (tertiary/aromatic N) is 3. The van der Waals surface area contributed by atoms with Gasteiger partial charge in [0.05, 0.1) is 12.2 Å². The smallest absolute Gasteiger partial charge is 0.258 e. The Balaban J connectivity index is 1.87. The summed E-state index contributed by atoms with van der Waals surface area (Å²) in [6.07, 6.45) is 0. The summed E-state index contributed by atoms with van der Waals surface area (Å²) in [7, 11) is 0. The molecule has 0 aliphatic rings. The van der Waals surface area contributed by atoms with Gasteiger partial charge in [0.25, 0.3) is 5.89 Å². The summed E-state index contributed by atoms with van der Waals surface area (Å²) >= 11 is 0. The van der Waals surface area contributed by atoms with E-state index in [4.69, 9.17) is 14.4 Å². The summed E-state index contributed by atoms with van der Waals surface area (Å²) in [4.78, 5) is 4.32. The number of rotatable bonds is 6. The van der Waals surface area contributed by atoms with Gasteiger partial charge < -0.3 is 14.4 Å². The second-order valence-electron chi connectivity index (χ2n) is 5.14. The average Bonchev–Trinajstić information content (AvgIpc) is 3.16. The highest BCUT2D eigenvalue weighted by atomic mass is 19.1. The number of aliphatic hydroxyl groups excluding tert-OH is 1. The minimum atomic E-state index is -0.630. The van der Waals surface area contributed by atoms with E-state index >= 15 is 0 Å². The van der Waals surface area contributed by atoms with Crippen LogP contribution in [0.1, 0.15) is 11.1 Å². The van der Waals surface area contributed by atoms with E-state index in [-0.39, 0.29) is 24.7 Å². The molecule has 0 spiro atoms. The van der Waals surface area contributed by atoms with Crippen molar-refractivity contribution in [3.8, 4) is 34.7 Å². The Morgan fingerprint density at radius 3 is 2.60 bits per heavy atom. The molecular formula is C18H14FN3O3. The molecule has 7 heteroatoms. The lowest BCUT2D eigenvalue weighted by atomic mass is 10.1. The zero-order valence-corrected chi connectivity index (χ0v) is 13.1. The first kappa shape index (κ1) is 16.6. The minimum absolute atomic E-state index is 0.0362. The van der Waals surface area contributed by atoms with Crippen LogP contribution < -0.4 is 4.74 Å². The van der Waals surface area contributed by atoms with Crippen molar-refractivity contribution in [2.75, 3.05) is 13.3 Å². The third-order valence-corrected chi connectivity index (χ3v) is 3.50. The van der Waals surface area contributed by atoms with E-state index in [0.29, 0.717) is 17.1 Å². The normalized spacial score (nSPS) is 10.4. The van der Waals surface area contributed by atoms with E-state index in [1.165, 1.54) is 0 Å². The molecule has 6 nitrogen and oxygen atoms in total. The van der Waals surface area contributed by atoms with Gasteiger partial charge in [0.1, 0.15) is 25.1 Å². The molecule has 3 aromatic rings. The predicted molar refractivity (Wildman–Crippen MR) is 87.3 cm³/mol. The standard InChI is InChI=1S/C18H14FN3O3/c19-7-8-24-16-6-5-14(9-15(16)10-20)18-21-17(22-25-18)13-3-1-12(11-23)2-4-13/h1-6,9,23H,7-8,11H2. The zero-order valence-electron chi connectivity index (χ0n) is 13.1. The van der Waals surface area contributed by atoms with Crippen LogP contribution in [0.3, 0.4) is 0 Å². The van der Waals surface area contributed by atoms with Crippen LogP contribution in [-0.4, -0.2) is 28.5 Å². The van der Waals surface area contributed by atoms with E-state index < -0.39 is 6.67 Å². The Morgan fingerprint density at radius 1 is 1.16 bits per heavy atom. The lowest BCUT2D eigenvalue weighted by Crippen LogP contribution is -2.00. The molecule has 25 heavy (non-hydrogen) atoms. The van der Waals surface area contributed by atoms with Crippen molar-refractivity contribution in [3.63, 3.8) is 0 Å². The van der Waals surface area contributed by atoms with Crippen molar-refractivity contribution >= 4 is 0 Å². The van der Waals surface area contributed by atoms with Gasteiger partial charge in [0, 0.05) is 11.1 Å². The van der Waals surface area contributed by atoms with Crippen molar-refractivity contribution in [2.45, 2.75) is 6.61 Å². The maximum atomic E-state index is 12.2. The van der Waals surface area contributed by atoms with Gasteiger partial charge in [-0.3, -0.25) is 0 Å². The number of benzene rings is 2. The SMILES string of the molecule is N#Cc1cc(-c2nc(-c3ccc(CO)cc3)no2)ccc1OCCF. The van der Waals surface area contributed by atoms with E-state index in [1.54, 1.807) is 42.5 Å². The summed E-state index contributed by atoms with van der Waals surface area (Å²) in [5, 5.41) is 22.2. The van der Waals surface area contributed by atoms with Crippen molar-refractivity contribution < 1.29 is 18.8 Å². The van der Waals surface area contributed by atoms with Gasteiger partial charge in [-0.1, -0.05) is 29.4 Å². The van der Waals surface area contributed by atoms with Gasteiger partial charge in [-0.2, -0.15) is 10.2 Å². The lowest BCUT2D eigenvalue weighted by Gasteiger charge is -2.06. The topological polar surface area (TPSA) is 92.2 Å². The number of alkyl halides is 1. The summed E-state index contributed by atoms with van der Waals surface area (Å²) in [6.45, 7) is -0.775. The molecular weight excluding hydrogens is 325 g/mol. The lowest BCUT2D eigenvalue weighted by molar-refractivity contribution is 0.272. The van der Waals surface area contributed by atoms with Crippen LogP contribution >= 0.6 is 0 Å². The maximum Gasteiger partial charge on any atom is 0.258 e. The molecule has 126 valence electrons. The molecule has 0 aliphatic carbocycles. The second kappa shape index (κ2) is 7.55. The molecule has 0 bridgehead atoms. The average molecular weight is 339 g/mol. The number of ether oxygens (including phenoxy) is 1. The Bertz CT molecular complexity index is 901. The van der Waals surface area contributed by atoms with Gasteiger partial charge in [-0.15, -0.1) is 0 Å². The van der Waals surface area contributed by atoms with Gasteiger partial charge in [-0.25, -0.2) is 4.39 Å². The quantitative estimate of drug-likeness (QED) is 0.742. The molecule has 1 N–H and O–H groups in total. The first-order valence-corrected chi connectivity index (χ1v) is 7.52. The molecule has 0 aliphatic heterocycles. The Labute approximate surface area is 143 Å². The molecule has 1 heterocycles. The van der Waals surface area contributed by atoms with Gasteiger partial charge >= 0.3 is 0 Å². The predicted octanol–water partition coefficient (Wildman–Crippen LogP) is 3.12. The molecule has 0 amide bonds. The third-order valence-electron chi connectivity index (χ3n) is 3.50. The molecule has 2 aromatic carbocycles. The fourth-order valence-corrected chi connectivity index (χ4v) is 2.24.